The van der Waals surface area contributed by atoms with Crippen molar-refractivity contribution in [3.05, 3.63) is 17.7 Å². The molecule has 1 aromatic carbocycles. The van der Waals surface area contributed by atoms with E-state index in [1.54, 1.807) is 33.5 Å². The molecule has 0 saturated carbocycles. The lowest BCUT2D eigenvalue weighted by Crippen LogP contribution is -2.44. The standard InChI is InChI=1S/C16H24N2O5.ClH/c1-20-12-7-14(21-2)13(15(8-12)22-3)9-18-16(19)6-11-10-23-5-4-17-11;/h7-8,11,17H,4-6,9-10H2,1-3H3,(H,18,19);1H. The van der Waals surface area contributed by atoms with Gasteiger partial charge < -0.3 is 29.6 Å². The Kier molecular flexibility index (Phi) is 8.67. The first kappa shape index (κ1) is 20.3. The van der Waals surface area contributed by atoms with Crippen LogP contribution >= 0.6 is 12.4 Å². The first-order valence-corrected chi connectivity index (χ1v) is 7.54. The highest BCUT2D eigenvalue weighted by atomic mass is 35.5. The number of methoxy groups -OCH3 is 3. The van der Waals surface area contributed by atoms with Crippen molar-refractivity contribution in [2.75, 3.05) is 41.1 Å². The second-order valence-electron chi connectivity index (χ2n) is 5.22. The third kappa shape index (κ3) is 5.43. The van der Waals surface area contributed by atoms with Crippen molar-refractivity contribution in [2.45, 2.75) is 19.0 Å². The summed E-state index contributed by atoms with van der Waals surface area (Å²) in [6.07, 6.45) is 0.376. The summed E-state index contributed by atoms with van der Waals surface area (Å²) < 4.78 is 21.3. The lowest BCUT2D eigenvalue weighted by atomic mass is 10.1. The van der Waals surface area contributed by atoms with Crippen LogP contribution in [0.3, 0.4) is 0 Å². The number of amides is 1. The van der Waals surface area contributed by atoms with E-state index in [0.29, 0.717) is 43.4 Å². The Bertz CT molecular complexity index is 510. The molecule has 2 rings (SSSR count). The predicted octanol–water partition coefficient (Wildman–Crippen LogP) is 1.13. The maximum atomic E-state index is 12.1. The van der Waals surface area contributed by atoms with Gasteiger partial charge in [-0.3, -0.25) is 4.79 Å². The van der Waals surface area contributed by atoms with Gasteiger partial charge in [-0.15, -0.1) is 12.4 Å². The molecular weight excluding hydrogens is 336 g/mol. The number of carbonyl (C=O) groups excluding carboxylic acids is 1. The molecule has 1 amide bonds. The number of ether oxygens (including phenoxy) is 4. The number of nitrogens with one attached hydrogen (secondary N) is 2. The second-order valence-corrected chi connectivity index (χ2v) is 5.22. The SMILES string of the molecule is COc1cc(OC)c(CNC(=O)CC2COCCN2)c(OC)c1.Cl. The molecule has 0 radical (unpaired) electrons. The van der Waals surface area contributed by atoms with Crippen LogP contribution in [0.5, 0.6) is 17.2 Å². The summed E-state index contributed by atoms with van der Waals surface area (Å²) in [4.78, 5) is 12.1. The highest BCUT2D eigenvalue weighted by Crippen LogP contribution is 2.33. The number of rotatable bonds is 7. The quantitative estimate of drug-likeness (QED) is 0.759. The fourth-order valence-electron chi connectivity index (χ4n) is 2.49. The van der Waals surface area contributed by atoms with Crippen molar-refractivity contribution in [1.29, 1.82) is 0 Å². The fraction of sp³-hybridized carbons (Fsp3) is 0.562. The maximum Gasteiger partial charge on any atom is 0.221 e. The average molecular weight is 361 g/mol. The van der Waals surface area contributed by atoms with E-state index in [-0.39, 0.29) is 24.4 Å². The molecule has 1 fully saturated rings. The van der Waals surface area contributed by atoms with Gasteiger partial charge in [0.1, 0.15) is 17.2 Å². The van der Waals surface area contributed by atoms with Gasteiger partial charge in [0.25, 0.3) is 0 Å². The van der Waals surface area contributed by atoms with E-state index in [0.717, 1.165) is 12.1 Å². The van der Waals surface area contributed by atoms with Crippen LogP contribution < -0.4 is 24.8 Å². The van der Waals surface area contributed by atoms with E-state index in [9.17, 15) is 4.79 Å². The summed E-state index contributed by atoms with van der Waals surface area (Å²) >= 11 is 0. The molecule has 0 bridgehead atoms. The van der Waals surface area contributed by atoms with E-state index in [2.05, 4.69) is 10.6 Å². The lowest BCUT2D eigenvalue weighted by molar-refractivity contribution is -0.122. The van der Waals surface area contributed by atoms with Crippen LogP contribution in [0.1, 0.15) is 12.0 Å². The molecule has 1 heterocycles. The van der Waals surface area contributed by atoms with Crippen LogP contribution in [0.4, 0.5) is 0 Å². The highest BCUT2D eigenvalue weighted by molar-refractivity contribution is 5.85. The van der Waals surface area contributed by atoms with Crippen LogP contribution in [0.25, 0.3) is 0 Å². The van der Waals surface area contributed by atoms with E-state index in [4.69, 9.17) is 18.9 Å². The summed E-state index contributed by atoms with van der Waals surface area (Å²) in [5.74, 6) is 1.81. The first-order chi connectivity index (χ1) is 11.2. The molecule has 1 atom stereocenters. The van der Waals surface area contributed by atoms with Gasteiger partial charge in [0.2, 0.25) is 5.91 Å². The Morgan fingerprint density at radius 3 is 2.42 bits per heavy atom. The number of halogens is 1. The molecular formula is C16H25ClN2O5. The van der Waals surface area contributed by atoms with Crippen LogP contribution in [0, 0.1) is 0 Å². The van der Waals surface area contributed by atoms with Crippen molar-refractivity contribution in [3.63, 3.8) is 0 Å². The summed E-state index contributed by atoms with van der Waals surface area (Å²) in [7, 11) is 4.72. The molecule has 1 unspecified atom stereocenters. The summed E-state index contributed by atoms with van der Waals surface area (Å²) in [6, 6.07) is 3.59. The Hall–Kier alpha value is -1.70. The van der Waals surface area contributed by atoms with Gasteiger partial charge in [0, 0.05) is 31.1 Å². The zero-order chi connectivity index (χ0) is 16.7. The molecule has 8 heteroatoms. The number of hydrogen-bond donors (Lipinski definition) is 2. The van der Waals surface area contributed by atoms with Gasteiger partial charge in [-0.05, 0) is 0 Å². The molecule has 1 aliphatic heterocycles. The van der Waals surface area contributed by atoms with Gasteiger partial charge in [-0.1, -0.05) is 0 Å². The zero-order valence-corrected chi connectivity index (χ0v) is 15.0. The van der Waals surface area contributed by atoms with Crippen LogP contribution in [-0.4, -0.2) is 53.0 Å². The number of hydrogen-bond acceptors (Lipinski definition) is 6. The van der Waals surface area contributed by atoms with Crippen molar-refractivity contribution in [3.8, 4) is 17.2 Å². The zero-order valence-electron chi connectivity index (χ0n) is 14.2. The summed E-state index contributed by atoms with van der Waals surface area (Å²) in [5, 5.41) is 6.15. The minimum Gasteiger partial charge on any atom is -0.496 e. The van der Waals surface area contributed by atoms with E-state index < -0.39 is 0 Å². The third-order valence-corrected chi connectivity index (χ3v) is 3.71. The van der Waals surface area contributed by atoms with Gasteiger partial charge in [0.05, 0.1) is 46.7 Å². The molecule has 0 aliphatic carbocycles. The van der Waals surface area contributed by atoms with Gasteiger partial charge >= 0.3 is 0 Å². The predicted molar refractivity (Wildman–Crippen MR) is 92.4 cm³/mol. The first-order valence-electron chi connectivity index (χ1n) is 7.54. The molecule has 24 heavy (non-hydrogen) atoms. The molecule has 136 valence electrons. The molecule has 0 aromatic heterocycles. The summed E-state index contributed by atoms with van der Waals surface area (Å²) in [5.41, 5.74) is 0.775. The molecule has 7 nitrogen and oxygen atoms in total. The monoisotopic (exact) mass is 360 g/mol. The minimum absolute atomic E-state index is 0. The van der Waals surface area contributed by atoms with E-state index in [1.807, 2.05) is 0 Å². The molecule has 1 aliphatic rings. The number of benzene rings is 1. The fourth-order valence-corrected chi connectivity index (χ4v) is 2.49. The van der Waals surface area contributed by atoms with Crippen LogP contribution in [0.2, 0.25) is 0 Å². The van der Waals surface area contributed by atoms with Gasteiger partial charge in [-0.2, -0.15) is 0 Å². The molecule has 0 spiro atoms. The topological polar surface area (TPSA) is 78.1 Å². The number of morpholine rings is 1. The normalized spacial score (nSPS) is 16.7. The Morgan fingerprint density at radius 2 is 1.92 bits per heavy atom. The lowest BCUT2D eigenvalue weighted by Gasteiger charge is -2.23. The Balaban J connectivity index is 0.00000288. The minimum atomic E-state index is -0.0482. The smallest absolute Gasteiger partial charge is 0.221 e. The Morgan fingerprint density at radius 1 is 1.25 bits per heavy atom. The van der Waals surface area contributed by atoms with Crippen LogP contribution in [0.15, 0.2) is 12.1 Å². The molecule has 2 N–H and O–H groups in total. The van der Waals surface area contributed by atoms with Crippen LogP contribution in [-0.2, 0) is 16.1 Å². The molecule has 1 aromatic rings. The van der Waals surface area contributed by atoms with E-state index in [1.165, 1.54) is 0 Å². The van der Waals surface area contributed by atoms with Gasteiger partial charge in [-0.25, -0.2) is 0 Å². The second kappa shape index (κ2) is 10.2. The Labute approximate surface area is 148 Å². The summed E-state index contributed by atoms with van der Waals surface area (Å²) in [6.45, 7) is 2.35. The number of carbonyl (C=O) groups is 1. The van der Waals surface area contributed by atoms with Crippen molar-refractivity contribution in [2.24, 2.45) is 0 Å². The van der Waals surface area contributed by atoms with Crippen molar-refractivity contribution in [1.82, 2.24) is 10.6 Å². The maximum absolute atomic E-state index is 12.1. The average Bonchev–Trinajstić information content (AvgIpc) is 2.59. The third-order valence-electron chi connectivity index (χ3n) is 3.71. The largest absolute Gasteiger partial charge is 0.496 e. The van der Waals surface area contributed by atoms with E-state index >= 15 is 0 Å². The van der Waals surface area contributed by atoms with Gasteiger partial charge in [0.15, 0.2) is 0 Å². The molecule has 1 saturated heterocycles. The highest BCUT2D eigenvalue weighted by Gasteiger charge is 2.18. The van der Waals surface area contributed by atoms with Crippen molar-refractivity contribution >= 4 is 18.3 Å². The van der Waals surface area contributed by atoms with Crippen molar-refractivity contribution < 1.29 is 23.7 Å².